The standard InChI is InChI=1S/C9H8Br2O3/c1-14-6-3-2-5(4-7(12)13)8(10)9(6)11/h2-3H,4H2,1H3,(H,12,13). The summed E-state index contributed by atoms with van der Waals surface area (Å²) >= 11 is 6.63. The van der Waals surface area contributed by atoms with E-state index in [9.17, 15) is 4.79 Å². The number of hydrogen-bond donors (Lipinski definition) is 1. The Balaban J connectivity index is 3.10. The Kier molecular flexibility index (Phi) is 3.95. The SMILES string of the molecule is COc1ccc(CC(=O)O)c(Br)c1Br. The van der Waals surface area contributed by atoms with Crippen LogP contribution in [-0.2, 0) is 11.2 Å². The third kappa shape index (κ3) is 2.48. The summed E-state index contributed by atoms with van der Waals surface area (Å²) in [4.78, 5) is 10.5. The van der Waals surface area contributed by atoms with Crippen molar-refractivity contribution in [2.24, 2.45) is 0 Å². The van der Waals surface area contributed by atoms with Crippen molar-refractivity contribution >= 4 is 37.8 Å². The molecule has 0 fully saturated rings. The molecule has 0 aliphatic heterocycles. The highest BCUT2D eigenvalue weighted by atomic mass is 79.9. The molecule has 0 aromatic heterocycles. The lowest BCUT2D eigenvalue weighted by Crippen LogP contribution is -2.01. The minimum Gasteiger partial charge on any atom is -0.496 e. The molecule has 0 saturated carbocycles. The van der Waals surface area contributed by atoms with Crippen LogP contribution in [0.5, 0.6) is 5.75 Å². The number of carboxylic acids is 1. The first-order valence-electron chi connectivity index (χ1n) is 3.79. The molecule has 5 heteroatoms. The summed E-state index contributed by atoms with van der Waals surface area (Å²) in [6.45, 7) is 0. The molecule has 0 heterocycles. The van der Waals surface area contributed by atoms with Gasteiger partial charge in [0.2, 0.25) is 0 Å². The van der Waals surface area contributed by atoms with E-state index in [4.69, 9.17) is 9.84 Å². The van der Waals surface area contributed by atoms with Gasteiger partial charge in [-0.15, -0.1) is 0 Å². The van der Waals surface area contributed by atoms with E-state index in [-0.39, 0.29) is 6.42 Å². The Hall–Kier alpha value is -0.550. The van der Waals surface area contributed by atoms with Crippen molar-refractivity contribution in [2.45, 2.75) is 6.42 Å². The van der Waals surface area contributed by atoms with E-state index in [0.29, 0.717) is 11.3 Å². The molecule has 1 N–H and O–H groups in total. The number of carbonyl (C=O) groups is 1. The number of methoxy groups -OCH3 is 1. The van der Waals surface area contributed by atoms with Crippen LogP contribution in [0.15, 0.2) is 21.1 Å². The molecule has 0 aliphatic rings. The third-order valence-corrected chi connectivity index (χ3v) is 3.91. The van der Waals surface area contributed by atoms with E-state index in [1.807, 2.05) is 0 Å². The molecule has 76 valence electrons. The molecule has 0 aliphatic carbocycles. The molecule has 0 bridgehead atoms. The number of aliphatic carboxylic acids is 1. The molecule has 1 rings (SSSR count). The Morgan fingerprint density at radius 2 is 2.07 bits per heavy atom. The second kappa shape index (κ2) is 4.79. The fourth-order valence-electron chi connectivity index (χ4n) is 1.03. The van der Waals surface area contributed by atoms with E-state index in [1.165, 1.54) is 0 Å². The molecule has 0 saturated heterocycles. The Bertz CT molecular complexity index is 363. The van der Waals surface area contributed by atoms with Crippen LogP contribution in [0.3, 0.4) is 0 Å². The van der Waals surface area contributed by atoms with Crippen LogP contribution >= 0.6 is 31.9 Å². The lowest BCUT2D eigenvalue weighted by Gasteiger charge is -2.08. The highest BCUT2D eigenvalue weighted by Gasteiger charge is 2.11. The fraction of sp³-hybridized carbons (Fsp3) is 0.222. The quantitative estimate of drug-likeness (QED) is 0.930. The molecule has 0 radical (unpaired) electrons. The van der Waals surface area contributed by atoms with E-state index < -0.39 is 5.97 Å². The first kappa shape index (κ1) is 11.5. The van der Waals surface area contributed by atoms with Crippen molar-refractivity contribution in [1.82, 2.24) is 0 Å². The predicted molar refractivity (Wildman–Crippen MR) is 59.7 cm³/mol. The van der Waals surface area contributed by atoms with E-state index in [1.54, 1.807) is 19.2 Å². The molecule has 14 heavy (non-hydrogen) atoms. The van der Waals surface area contributed by atoms with Crippen LogP contribution in [-0.4, -0.2) is 18.2 Å². The number of rotatable bonds is 3. The number of ether oxygens (including phenoxy) is 1. The molecule has 0 spiro atoms. The van der Waals surface area contributed by atoms with E-state index >= 15 is 0 Å². The summed E-state index contributed by atoms with van der Waals surface area (Å²) in [7, 11) is 1.56. The van der Waals surface area contributed by atoms with Crippen LogP contribution in [0.25, 0.3) is 0 Å². The second-order valence-corrected chi connectivity index (χ2v) is 4.21. The molecule has 1 aromatic rings. The Morgan fingerprint density at radius 3 is 2.57 bits per heavy atom. The summed E-state index contributed by atoms with van der Waals surface area (Å²) in [5.41, 5.74) is 0.713. The average Bonchev–Trinajstić information content (AvgIpc) is 2.13. The summed E-state index contributed by atoms with van der Waals surface area (Å²) < 4.78 is 6.52. The minimum absolute atomic E-state index is 0.0107. The van der Waals surface area contributed by atoms with Crippen molar-refractivity contribution < 1.29 is 14.6 Å². The van der Waals surface area contributed by atoms with Gasteiger partial charge in [0.1, 0.15) is 5.75 Å². The number of benzene rings is 1. The van der Waals surface area contributed by atoms with Crippen LogP contribution in [0.1, 0.15) is 5.56 Å². The Labute approximate surface area is 98.3 Å². The molecule has 1 aromatic carbocycles. The van der Waals surface area contributed by atoms with Crippen LogP contribution < -0.4 is 4.74 Å². The summed E-state index contributed by atoms with van der Waals surface area (Å²) in [5.74, 6) is -0.186. The van der Waals surface area contributed by atoms with Gasteiger partial charge in [-0.1, -0.05) is 6.07 Å². The Morgan fingerprint density at radius 1 is 1.43 bits per heavy atom. The van der Waals surface area contributed by atoms with Crippen molar-refractivity contribution in [2.75, 3.05) is 7.11 Å². The maximum Gasteiger partial charge on any atom is 0.307 e. The zero-order valence-corrected chi connectivity index (χ0v) is 10.6. The number of halogens is 2. The maximum atomic E-state index is 10.5. The van der Waals surface area contributed by atoms with Gasteiger partial charge in [0, 0.05) is 4.47 Å². The zero-order chi connectivity index (χ0) is 10.7. The van der Waals surface area contributed by atoms with Crippen LogP contribution in [0, 0.1) is 0 Å². The van der Waals surface area contributed by atoms with Gasteiger partial charge in [-0.2, -0.15) is 0 Å². The average molecular weight is 324 g/mol. The van der Waals surface area contributed by atoms with Crippen molar-refractivity contribution in [3.8, 4) is 5.75 Å². The van der Waals surface area contributed by atoms with Crippen molar-refractivity contribution in [3.63, 3.8) is 0 Å². The normalized spacial score (nSPS) is 9.93. The molecular weight excluding hydrogens is 316 g/mol. The van der Waals surface area contributed by atoms with Gasteiger partial charge < -0.3 is 9.84 Å². The fourth-order valence-corrected chi connectivity index (χ4v) is 2.05. The van der Waals surface area contributed by atoms with Gasteiger partial charge in [0.25, 0.3) is 0 Å². The number of hydrogen-bond acceptors (Lipinski definition) is 2. The predicted octanol–water partition coefficient (Wildman–Crippen LogP) is 2.85. The van der Waals surface area contributed by atoms with Crippen LogP contribution in [0.4, 0.5) is 0 Å². The number of carboxylic acid groups (broad SMARTS) is 1. The smallest absolute Gasteiger partial charge is 0.307 e. The maximum absolute atomic E-state index is 10.5. The minimum atomic E-state index is -0.859. The molecular formula is C9H8Br2O3. The van der Waals surface area contributed by atoms with Crippen molar-refractivity contribution in [3.05, 3.63) is 26.6 Å². The first-order chi connectivity index (χ1) is 6.56. The molecule has 0 unspecified atom stereocenters. The van der Waals surface area contributed by atoms with Crippen molar-refractivity contribution in [1.29, 1.82) is 0 Å². The largest absolute Gasteiger partial charge is 0.496 e. The second-order valence-electron chi connectivity index (χ2n) is 2.63. The van der Waals surface area contributed by atoms with Gasteiger partial charge in [-0.3, -0.25) is 4.79 Å². The van der Waals surface area contributed by atoms with Gasteiger partial charge in [0.15, 0.2) is 0 Å². The van der Waals surface area contributed by atoms with Gasteiger partial charge in [-0.05, 0) is 43.5 Å². The third-order valence-electron chi connectivity index (χ3n) is 1.69. The lowest BCUT2D eigenvalue weighted by atomic mass is 10.1. The highest BCUT2D eigenvalue weighted by molar-refractivity contribution is 9.13. The van der Waals surface area contributed by atoms with E-state index in [2.05, 4.69) is 31.9 Å². The monoisotopic (exact) mass is 322 g/mol. The van der Waals surface area contributed by atoms with Gasteiger partial charge >= 0.3 is 5.97 Å². The lowest BCUT2D eigenvalue weighted by molar-refractivity contribution is -0.136. The zero-order valence-electron chi connectivity index (χ0n) is 7.38. The van der Waals surface area contributed by atoms with Gasteiger partial charge in [0.05, 0.1) is 18.0 Å². The van der Waals surface area contributed by atoms with Crippen LogP contribution in [0.2, 0.25) is 0 Å². The molecule has 0 amide bonds. The summed E-state index contributed by atoms with van der Waals surface area (Å²) in [6.07, 6.45) is -0.0107. The molecule has 3 nitrogen and oxygen atoms in total. The van der Waals surface area contributed by atoms with Gasteiger partial charge in [-0.25, -0.2) is 0 Å². The molecule has 0 atom stereocenters. The first-order valence-corrected chi connectivity index (χ1v) is 5.37. The summed E-state index contributed by atoms with van der Waals surface area (Å²) in [6, 6.07) is 3.45. The highest BCUT2D eigenvalue weighted by Crippen LogP contribution is 2.35. The van der Waals surface area contributed by atoms with E-state index in [0.717, 1.165) is 8.95 Å². The summed E-state index contributed by atoms with van der Waals surface area (Å²) in [5, 5.41) is 8.64. The topological polar surface area (TPSA) is 46.5 Å².